The van der Waals surface area contributed by atoms with Gasteiger partial charge in [0.2, 0.25) is 11.8 Å². The van der Waals surface area contributed by atoms with Gasteiger partial charge in [0, 0.05) is 19.2 Å². The molecule has 2 aliphatic rings. The molecule has 2 heterocycles. The van der Waals surface area contributed by atoms with Gasteiger partial charge in [0.15, 0.2) is 0 Å². The summed E-state index contributed by atoms with van der Waals surface area (Å²) in [5.41, 5.74) is 0.345. The lowest BCUT2D eigenvalue weighted by atomic mass is 9.85. The molecule has 6 heteroatoms. The molecule has 2 saturated heterocycles. The Morgan fingerprint density at radius 3 is 2.37 bits per heavy atom. The summed E-state index contributed by atoms with van der Waals surface area (Å²) < 4.78 is 0. The summed E-state index contributed by atoms with van der Waals surface area (Å²) >= 11 is 0. The summed E-state index contributed by atoms with van der Waals surface area (Å²) in [6.45, 7) is 0.592. The van der Waals surface area contributed by atoms with Crippen LogP contribution in [0.25, 0.3) is 0 Å². The zero-order valence-electron chi connectivity index (χ0n) is 17.1. The summed E-state index contributed by atoms with van der Waals surface area (Å²) in [6.07, 6.45) is 2.55. The van der Waals surface area contributed by atoms with Gasteiger partial charge in [0.25, 0.3) is 5.91 Å². The fourth-order valence-electron chi connectivity index (χ4n) is 4.96. The Bertz CT molecular complexity index is 931. The highest BCUT2D eigenvalue weighted by Crippen LogP contribution is 2.50. The van der Waals surface area contributed by atoms with E-state index in [1.165, 1.54) is 0 Å². The summed E-state index contributed by atoms with van der Waals surface area (Å²) in [5, 5.41) is 5.75. The van der Waals surface area contributed by atoms with Crippen LogP contribution < -0.4 is 10.6 Å². The lowest BCUT2D eigenvalue weighted by molar-refractivity contribution is -0.131. The molecule has 2 aromatic rings. The van der Waals surface area contributed by atoms with Crippen LogP contribution in [0.2, 0.25) is 0 Å². The van der Waals surface area contributed by atoms with Crippen LogP contribution >= 0.6 is 0 Å². The molecule has 4 rings (SSSR count). The predicted molar refractivity (Wildman–Crippen MR) is 114 cm³/mol. The number of likely N-dealkylation sites (tertiary alicyclic amines) is 1. The Hall–Kier alpha value is -3.15. The normalized spacial score (nSPS) is 26.2. The largest absolute Gasteiger partial charge is 0.359 e. The molecule has 0 bridgehead atoms. The molecule has 2 aromatic carbocycles. The maximum atomic E-state index is 13.8. The quantitative estimate of drug-likeness (QED) is 0.824. The van der Waals surface area contributed by atoms with E-state index < -0.39 is 17.5 Å². The lowest BCUT2D eigenvalue weighted by Crippen LogP contribution is -2.57. The highest BCUT2D eigenvalue weighted by molar-refractivity contribution is 6.01. The van der Waals surface area contributed by atoms with Gasteiger partial charge < -0.3 is 15.5 Å². The number of nitrogens with one attached hydrogen (secondary N) is 2. The minimum atomic E-state index is -1.04. The molecule has 2 N–H and O–H groups in total. The molecule has 0 radical (unpaired) electrons. The van der Waals surface area contributed by atoms with Crippen molar-refractivity contribution < 1.29 is 14.4 Å². The first-order valence-electron chi connectivity index (χ1n) is 10.5. The SMILES string of the molecule is CNC(=O)[C@H]1C[C@]2(CCCCNC2=O)N(C(=O)c2ccccc2)[C@H]1c1ccccc1. The van der Waals surface area contributed by atoms with E-state index in [0.29, 0.717) is 24.9 Å². The van der Waals surface area contributed by atoms with Crippen molar-refractivity contribution in [3.05, 3.63) is 71.8 Å². The molecule has 0 aromatic heterocycles. The number of amides is 3. The highest BCUT2D eigenvalue weighted by atomic mass is 16.2. The van der Waals surface area contributed by atoms with Crippen LogP contribution in [-0.4, -0.2) is 41.8 Å². The van der Waals surface area contributed by atoms with Crippen molar-refractivity contribution >= 4 is 17.7 Å². The highest BCUT2D eigenvalue weighted by Gasteiger charge is 2.60. The van der Waals surface area contributed by atoms with Gasteiger partial charge in [-0.3, -0.25) is 14.4 Å². The molecule has 1 spiro atoms. The van der Waals surface area contributed by atoms with E-state index in [4.69, 9.17) is 0 Å². The molecule has 156 valence electrons. The molecule has 6 nitrogen and oxygen atoms in total. The molecule has 0 aliphatic carbocycles. The number of hydrogen-bond acceptors (Lipinski definition) is 3. The van der Waals surface area contributed by atoms with Crippen LogP contribution in [0.1, 0.15) is 47.6 Å². The smallest absolute Gasteiger partial charge is 0.255 e. The van der Waals surface area contributed by atoms with E-state index in [-0.39, 0.29) is 17.7 Å². The lowest BCUT2D eigenvalue weighted by Gasteiger charge is -2.39. The van der Waals surface area contributed by atoms with Crippen LogP contribution in [0.15, 0.2) is 60.7 Å². The van der Waals surface area contributed by atoms with Crippen molar-refractivity contribution in [2.24, 2.45) is 5.92 Å². The molecule has 3 atom stereocenters. The van der Waals surface area contributed by atoms with E-state index in [9.17, 15) is 14.4 Å². The molecular formula is C24H27N3O3. The Labute approximate surface area is 176 Å². The molecule has 2 aliphatic heterocycles. The zero-order chi connectivity index (χ0) is 21.1. The number of carbonyl (C=O) groups is 3. The fourth-order valence-corrected chi connectivity index (χ4v) is 4.96. The fraction of sp³-hybridized carbons (Fsp3) is 0.375. The van der Waals surface area contributed by atoms with Crippen LogP contribution in [0, 0.1) is 5.92 Å². The second-order valence-corrected chi connectivity index (χ2v) is 8.07. The molecule has 2 fully saturated rings. The average molecular weight is 405 g/mol. The Kier molecular flexibility index (Phi) is 5.57. The molecule has 0 unspecified atom stereocenters. The first kappa shape index (κ1) is 20.1. The van der Waals surface area contributed by atoms with Crippen molar-refractivity contribution in [1.82, 2.24) is 15.5 Å². The summed E-state index contributed by atoms with van der Waals surface area (Å²) in [7, 11) is 1.60. The molecule has 0 saturated carbocycles. The first-order chi connectivity index (χ1) is 14.6. The number of rotatable bonds is 3. The van der Waals surface area contributed by atoms with Gasteiger partial charge in [-0.25, -0.2) is 0 Å². The summed E-state index contributed by atoms with van der Waals surface area (Å²) in [4.78, 5) is 41.9. The van der Waals surface area contributed by atoms with Crippen molar-refractivity contribution in [3.63, 3.8) is 0 Å². The third-order valence-corrected chi connectivity index (χ3v) is 6.37. The molecular weight excluding hydrogens is 378 g/mol. The Morgan fingerprint density at radius 2 is 1.70 bits per heavy atom. The minimum Gasteiger partial charge on any atom is -0.359 e. The second-order valence-electron chi connectivity index (χ2n) is 8.07. The maximum Gasteiger partial charge on any atom is 0.255 e. The molecule has 3 amide bonds. The van der Waals surface area contributed by atoms with Crippen molar-refractivity contribution in [1.29, 1.82) is 0 Å². The standard InChI is InChI=1S/C24H27N3O3/c1-25-21(28)19-16-24(14-8-9-15-26-23(24)30)27(20(19)17-10-4-2-5-11-17)22(29)18-12-6-3-7-13-18/h2-7,10-13,19-20H,8-9,14-16H2,1H3,(H,25,28)(H,26,30)/t19-,20-,24-/m0/s1. The summed E-state index contributed by atoms with van der Waals surface area (Å²) in [6, 6.07) is 18.1. The van der Waals surface area contributed by atoms with Gasteiger partial charge in [0.1, 0.15) is 5.54 Å². The van der Waals surface area contributed by atoms with Crippen LogP contribution in [0.5, 0.6) is 0 Å². The van der Waals surface area contributed by atoms with Crippen LogP contribution in [0.4, 0.5) is 0 Å². The third kappa shape index (κ3) is 3.36. The maximum absolute atomic E-state index is 13.8. The van der Waals surface area contributed by atoms with Gasteiger partial charge in [0.05, 0.1) is 12.0 Å². The van der Waals surface area contributed by atoms with Gasteiger partial charge >= 0.3 is 0 Å². The van der Waals surface area contributed by atoms with E-state index >= 15 is 0 Å². The number of carbonyl (C=O) groups excluding carboxylic acids is 3. The zero-order valence-corrected chi connectivity index (χ0v) is 17.1. The monoisotopic (exact) mass is 405 g/mol. The summed E-state index contributed by atoms with van der Waals surface area (Å²) in [5.74, 6) is -1.03. The first-order valence-corrected chi connectivity index (χ1v) is 10.5. The van der Waals surface area contributed by atoms with E-state index in [1.807, 2.05) is 48.5 Å². The van der Waals surface area contributed by atoms with Crippen molar-refractivity contribution in [2.45, 2.75) is 37.3 Å². The number of benzene rings is 2. The minimum absolute atomic E-state index is 0.149. The van der Waals surface area contributed by atoms with Gasteiger partial charge in [-0.2, -0.15) is 0 Å². The number of nitrogens with zero attached hydrogens (tertiary/aromatic N) is 1. The third-order valence-electron chi connectivity index (χ3n) is 6.37. The molecule has 30 heavy (non-hydrogen) atoms. The van der Waals surface area contributed by atoms with Gasteiger partial charge in [-0.15, -0.1) is 0 Å². The van der Waals surface area contributed by atoms with E-state index in [2.05, 4.69) is 10.6 Å². The second kappa shape index (κ2) is 8.30. The van der Waals surface area contributed by atoms with Gasteiger partial charge in [-0.1, -0.05) is 48.5 Å². The van der Waals surface area contributed by atoms with Crippen LogP contribution in [-0.2, 0) is 9.59 Å². The Balaban J connectivity index is 1.90. The van der Waals surface area contributed by atoms with E-state index in [0.717, 1.165) is 18.4 Å². The van der Waals surface area contributed by atoms with E-state index in [1.54, 1.807) is 24.1 Å². The van der Waals surface area contributed by atoms with Crippen molar-refractivity contribution in [2.75, 3.05) is 13.6 Å². The van der Waals surface area contributed by atoms with Crippen LogP contribution in [0.3, 0.4) is 0 Å². The topological polar surface area (TPSA) is 78.5 Å². The van der Waals surface area contributed by atoms with Gasteiger partial charge in [-0.05, 0) is 43.4 Å². The number of hydrogen-bond donors (Lipinski definition) is 2. The Morgan fingerprint density at radius 1 is 1.03 bits per heavy atom. The average Bonchev–Trinajstić information content (AvgIpc) is 3.04. The predicted octanol–water partition coefficient (Wildman–Crippen LogP) is 2.67. The van der Waals surface area contributed by atoms with Crippen molar-refractivity contribution in [3.8, 4) is 0 Å².